The minimum Gasteiger partial charge on any atom is -0.383 e. The van der Waals surface area contributed by atoms with Crippen molar-refractivity contribution in [2.24, 2.45) is 0 Å². The zero-order valence-electron chi connectivity index (χ0n) is 9.62. The van der Waals surface area contributed by atoms with Crippen molar-refractivity contribution in [3.8, 4) is 0 Å². The lowest BCUT2D eigenvalue weighted by atomic mass is 10.1. The summed E-state index contributed by atoms with van der Waals surface area (Å²) < 4.78 is 2.23. The molecule has 19 heavy (non-hydrogen) atoms. The van der Waals surface area contributed by atoms with Crippen molar-refractivity contribution in [3.05, 3.63) is 52.8 Å². The highest BCUT2D eigenvalue weighted by Gasteiger charge is 2.20. The molecule has 0 aliphatic carbocycles. The predicted molar refractivity (Wildman–Crippen MR) is 72.8 cm³/mol. The summed E-state index contributed by atoms with van der Waals surface area (Å²) in [6.45, 7) is 0. The van der Waals surface area contributed by atoms with Gasteiger partial charge in [0.15, 0.2) is 11.3 Å². The number of anilines is 1. The molecule has 3 heterocycles. The van der Waals surface area contributed by atoms with Gasteiger partial charge in [-0.05, 0) is 22.0 Å². The van der Waals surface area contributed by atoms with Crippen molar-refractivity contribution < 1.29 is 4.79 Å². The summed E-state index contributed by atoms with van der Waals surface area (Å²) in [5, 5.41) is 0. The minimum absolute atomic E-state index is 0.208. The summed E-state index contributed by atoms with van der Waals surface area (Å²) in [7, 11) is 0. The first-order valence-electron chi connectivity index (χ1n) is 5.40. The molecular weight excluding hydrogens is 310 g/mol. The molecule has 0 radical (unpaired) electrons. The molecule has 3 aromatic rings. The number of imidazole rings is 1. The maximum atomic E-state index is 12.4. The fourth-order valence-electron chi connectivity index (χ4n) is 1.78. The predicted octanol–water partition coefficient (Wildman–Crippen LogP) is 1.70. The van der Waals surface area contributed by atoms with Crippen LogP contribution < -0.4 is 5.73 Å². The fraction of sp³-hybridized carbons (Fsp3) is 0. The number of carbonyl (C=O) groups excluding carboxylic acids is 1. The number of fused-ring (bicyclic) bond motifs is 1. The van der Waals surface area contributed by atoms with Gasteiger partial charge in [0.05, 0.1) is 6.20 Å². The molecule has 0 atom stereocenters. The second-order valence-corrected chi connectivity index (χ2v) is 4.69. The minimum atomic E-state index is -0.254. The van der Waals surface area contributed by atoms with Crippen LogP contribution in [0.15, 0.2) is 41.5 Å². The van der Waals surface area contributed by atoms with Crippen LogP contribution in [0.3, 0.4) is 0 Å². The molecule has 0 spiro atoms. The highest BCUT2D eigenvalue weighted by Crippen LogP contribution is 2.22. The first kappa shape index (κ1) is 11.8. The molecule has 0 aliphatic heterocycles. The van der Waals surface area contributed by atoms with Crippen LogP contribution in [0.2, 0.25) is 0 Å². The Kier molecular flexibility index (Phi) is 2.75. The SMILES string of the molecule is Nc1c(C(=O)c2ccncc2Br)nc2cnccn12. The van der Waals surface area contributed by atoms with Gasteiger partial charge in [0, 0.05) is 34.8 Å². The molecule has 0 amide bonds. The molecule has 0 saturated heterocycles. The van der Waals surface area contributed by atoms with Gasteiger partial charge in [0.2, 0.25) is 5.78 Å². The highest BCUT2D eigenvalue weighted by molar-refractivity contribution is 9.10. The lowest BCUT2D eigenvalue weighted by Gasteiger charge is -2.01. The zero-order valence-corrected chi connectivity index (χ0v) is 11.2. The number of rotatable bonds is 2. The number of ketones is 1. The molecule has 3 rings (SSSR count). The quantitative estimate of drug-likeness (QED) is 0.727. The second-order valence-electron chi connectivity index (χ2n) is 3.83. The van der Waals surface area contributed by atoms with Crippen LogP contribution in [-0.2, 0) is 0 Å². The maximum absolute atomic E-state index is 12.4. The number of pyridine rings is 1. The van der Waals surface area contributed by atoms with Gasteiger partial charge in [-0.15, -0.1) is 0 Å². The van der Waals surface area contributed by atoms with Gasteiger partial charge in [0.25, 0.3) is 0 Å². The Labute approximate surface area is 116 Å². The Morgan fingerprint density at radius 1 is 1.26 bits per heavy atom. The fourth-order valence-corrected chi connectivity index (χ4v) is 2.21. The van der Waals surface area contributed by atoms with E-state index in [0.29, 0.717) is 21.5 Å². The van der Waals surface area contributed by atoms with Gasteiger partial charge in [-0.2, -0.15) is 0 Å². The summed E-state index contributed by atoms with van der Waals surface area (Å²) in [5.41, 5.74) is 7.16. The summed E-state index contributed by atoms with van der Waals surface area (Å²) in [6.07, 6.45) is 7.90. The van der Waals surface area contributed by atoms with E-state index in [2.05, 4.69) is 30.9 Å². The third-order valence-corrected chi connectivity index (χ3v) is 3.33. The number of carbonyl (C=O) groups is 1. The molecule has 0 fully saturated rings. The van der Waals surface area contributed by atoms with E-state index in [-0.39, 0.29) is 11.5 Å². The molecule has 2 N–H and O–H groups in total. The molecule has 3 aromatic heterocycles. The number of nitrogen functional groups attached to an aromatic ring is 1. The van der Waals surface area contributed by atoms with E-state index in [0.717, 1.165) is 0 Å². The van der Waals surface area contributed by atoms with Crippen molar-refractivity contribution >= 4 is 33.2 Å². The van der Waals surface area contributed by atoms with Gasteiger partial charge in [0.1, 0.15) is 5.82 Å². The normalized spacial score (nSPS) is 10.8. The van der Waals surface area contributed by atoms with Crippen LogP contribution in [0, 0.1) is 0 Å². The van der Waals surface area contributed by atoms with Crippen molar-refractivity contribution in [1.29, 1.82) is 0 Å². The van der Waals surface area contributed by atoms with Crippen molar-refractivity contribution in [3.63, 3.8) is 0 Å². The molecule has 0 aromatic carbocycles. The molecule has 6 nitrogen and oxygen atoms in total. The Morgan fingerprint density at radius 3 is 2.79 bits per heavy atom. The van der Waals surface area contributed by atoms with E-state index in [4.69, 9.17) is 5.73 Å². The third-order valence-electron chi connectivity index (χ3n) is 2.70. The average molecular weight is 318 g/mol. The molecule has 0 saturated carbocycles. The lowest BCUT2D eigenvalue weighted by Crippen LogP contribution is -2.07. The van der Waals surface area contributed by atoms with Crippen LogP contribution in [-0.4, -0.2) is 25.1 Å². The largest absolute Gasteiger partial charge is 0.383 e. The second kappa shape index (κ2) is 4.43. The topological polar surface area (TPSA) is 86.2 Å². The first-order chi connectivity index (χ1) is 9.18. The Bertz CT molecular complexity index is 783. The monoisotopic (exact) mass is 317 g/mol. The lowest BCUT2D eigenvalue weighted by molar-refractivity contribution is 0.103. The van der Waals surface area contributed by atoms with Crippen LogP contribution in [0.25, 0.3) is 5.65 Å². The average Bonchev–Trinajstić information content (AvgIpc) is 2.77. The zero-order chi connectivity index (χ0) is 13.4. The summed E-state index contributed by atoms with van der Waals surface area (Å²) >= 11 is 3.29. The summed E-state index contributed by atoms with van der Waals surface area (Å²) in [6, 6.07) is 1.62. The molecular formula is C12H8BrN5O. The van der Waals surface area contributed by atoms with E-state index in [1.54, 1.807) is 41.5 Å². The number of aromatic nitrogens is 4. The third kappa shape index (κ3) is 1.88. The number of nitrogens with zero attached hydrogens (tertiary/aromatic N) is 4. The van der Waals surface area contributed by atoms with Crippen molar-refractivity contribution in [2.75, 3.05) is 5.73 Å². The highest BCUT2D eigenvalue weighted by atomic mass is 79.9. The Morgan fingerprint density at radius 2 is 2.05 bits per heavy atom. The van der Waals surface area contributed by atoms with Gasteiger partial charge >= 0.3 is 0 Å². The molecule has 94 valence electrons. The Balaban J connectivity index is 2.17. The summed E-state index contributed by atoms with van der Waals surface area (Å²) in [4.78, 5) is 24.5. The van der Waals surface area contributed by atoms with E-state index in [9.17, 15) is 4.79 Å². The number of nitrogens with two attached hydrogens (primary N) is 1. The van der Waals surface area contributed by atoms with E-state index in [1.165, 1.54) is 0 Å². The van der Waals surface area contributed by atoms with Crippen LogP contribution in [0.1, 0.15) is 16.1 Å². The van der Waals surface area contributed by atoms with Crippen LogP contribution in [0.4, 0.5) is 5.82 Å². The van der Waals surface area contributed by atoms with Gasteiger partial charge in [-0.1, -0.05) is 0 Å². The van der Waals surface area contributed by atoms with Gasteiger partial charge in [-0.25, -0.2) is 4.98 Å². The Hall–Kier alpha value is -2.28. The van der Waals surface area contributed by atoms with Crippen LogP contribution >= 0.6 is 15.9 Å². The number of hydrogen-bond acceptors (Lipinski definition) is 5. The standard InChI is InChI=1S/C12H8BrN5O/c13-8-5-15-2-1-7(8)11(19)10-12(14)18-4-3-16-6-9(18)17-10/h1-6H,14H2. The smallest absolute Gasteiger partial charge is 0.216 e. The number of halogens is 1. The molecule has 0 bridgehead atoms. The molecule has 0 unspecified atom stereocenters. The van der Waals surface area contributed by atoms with E-state index < -0.39 is 0 Å². The van der Waals surface area contributed by atoms with Gasteiger partial charge < -0.3 is 5.73 Å². The van der Waals surface area contributed by atoms with E-state index in [1.807, 2.05) is 0 Å². The van der Waals surface area contributed by atoms with Gasteiger partial charge in [-0.3, -0.25) is 19.2 Å². The summed E-state index contributed by atoms with van der Waals surface area (Å²) in [5.74, 6) is 0.0431. The first-order valence-corrected chi connectivity index (χ1v) is 6.19. The van der Waals surface area contributed by atoms with Crippen LogP contribution in [0.5, 0.6) is 0 Å². The molecule has 0 aliphatic rings. The molecule has 7 heteroatoms. The van der Waals surface area contributed by atoms with Crippen molar-refractivity contribution in [1.82, 2.24) is 19.4 Å². The number of hydrogen-bond donors (Lipinski definition) is 1. The van der Waals surface area contributed by atoms with E-state index >= 15 is 0 Å². The maximum Gasteiger partial charge on any atom is 0.216 e. The van der Waals surface area contributed by atoms with Crippen molar-refractivity contribution in [2.45, 2.75) is 0 Å².